The zero-order valence-corrected chi connectivity index (χ0v) is 12.6. The van der Waals surface area contributed by atoms with E-state index in [1.54, 1.807) is 7.11 Å². The van der Waals surface area contributed by atoms with Gasteiger partial charge in [0.25, 0.3) is 0 Å². The number of hydrogen-bond donors (Lipinski definition) is 1. The second-order valence-corrected chi connectivity index (χ2v) is 5.62. The van der Waals surface area contributed by atoms with Gasteiger partial charge in [0.15, 0.2) is 0 Å². The lowest BCUT2D eigenvalue weighted by Crippen LogP contribution is -2.20. The molecule has 0 bridgehead atoms. The van der Waals surface area contributed by atoms with Crippen LogP contribution in [-0.2, 0) is 0 Å². The lowest BCUT2D eigenvalue weighted by Gasteiger charge is -2.31. The van der Waals surface area contributed by atoms with E-state index in [1.165, 1.54) is 11.1 Å². The molecule has 2 aromatic carbocycles. The van der Waals surface area contributed by atoms with Gasteiger partial charge in [-0.25, -0.2) is 0 Å². The highest BCUT2D eigenvalue weighted by molar-refractivity contribution is 5.44. The van der Waals surface area contributed by atoms with E-state index in [9.17, 15) is 5.11 Å². The van der Waals surface area contributed by atoms with Crippen LogP contribution in [0, 0.1) is 13.8 Å². The van der Waals surface area contributed by atoms with E-state index in [0.717, 1.165) is 22.6 Å². The molecule has 3 rings (SSSR count). The van der Waals surface area contributed by atoms with Crippen LogP contribution in [-0.4, -0.2) is 12.2 Å². The molecule has 1 heterocycles. The van der Waals surface area contributed by atoms with Crippen LogP contribution in [0.5, 0.6) is 11.5 Å². The number of rotatable bonds is 2. The number of aliphatic hydroxyl groups excluding tert-OH is 1. The molecule has 21 heavy (non-hydrogen) atoms. The maximum Gasteiger partial charge on any atom is 0.127 e. The van der Waals surface area contributed by atoms with Crippen molar-refractivity contribution in [3.05, 3.63) is 58.7 Å². The minimum absolute atomic E-state index is 0.110. The van der Waals surface area contributed by atoms with Gasteiger partial charge in [-0.3, -0.25) is 0 Å². The van der Waals surface area contributed by atoms with Gasteiger partial charge in [-0.05, 0) is 43.2 Å². The molecule has 2 atom stereocenters. The number of fused-ring (bicyclic) bond motifs is 1. The summed E-state index contributed by atoms with van der Waals surface area (Å²) in [4.78, 5) is 0. The molecule has 0 aromatic heterocycles. The Morgan fingerprint density at radius 1 is 1.10 bits per heavy atom. The fourth-order valence-electron chi connectivity index (χ4n) is 2.85. The van der Waals surface area contributed by atoms with E-state index in [1.807, 2.05) is 18.2 Å². The van der Waals surface area contributed by atoms with E-state index in [4.69, 9.17) is 9.47 Å². The SMILES string of the molecule is COc1ccc2c(c1)[C@H](O)CC(c1cc(C)ccc1C)O2. The quantitative estimate of drug-likeness (QED) is 0.910. The third-order valence-corrected chi connectivity index (χ3v) is 4.06. The van der Waals surface area contributed by atoms with Crippen molar-refractivity contribution >= 4 is 0 Å². The number of aryl methyl sites for hydroxylation is 2. The summed E-state index contributed by atoms with van der Waals surface area (Å²) in [6.07, 6.45) is -0.0839. The molecule has 0 radical (unpaired) electrons. The maximum atomic E-state index is 10.4. The van der Waals surface area contributed by atoms with Crippen molar-refractivity contribution in [1.82, 2.24) is 0 Å². The Balaban J connectivity index is 1.96. The van der Waals surface area contributed by atoms with Crippen molar-refractivity contribution in [2.45, 2.75) is 32.5 Å². The van der Waals surface area contributed by atoms with E-state index >= 15 is 0 Å². The van der Waals surface area contributed by atoms with Crippen molar-refractivity contribution in [2.75, 3.05) is 7.11 Å². The molecule has 0 spiro atoms. The van der Waals surface area contributed by atoms with Crippen LogP contribution in [0.15, 0.2) is 36.4 Å². The highest BCUT2D eigenvalue weighted by Crippen LogP contribution is 2.42. The van der Waals surface area contributed by atoms with Crippen LogP contribution in [0.25, 0.3) is 0 Å². The lowest BCUT2D eigenvalue weighted by atomic mass is 9.92. The number of methoxy groups -OCH3 is 1. The van der Waals surface area contributed by atoms with Gasteiger partial charge in [0, 0.05) is 12.0 Å². The summed E-state index contributed by atoms with van der Waals surface area (Å²) in [6.45, 7) is 4.15. The number of hydrogen-bond acceptors (Lipinski definition) is 3. The normalized spacial score (nSPS) is 20.6. The Hall–Kier alpha value is -2.00. The topological polar surface area (TPSA) is 38.7 Å². The van der Waals surface area contributed by atoms with E-state index in [0.29, 0.717) is 6.42 Å². The summed E-state index contributed by atoms with van der Waals surface area (Å²) in [7, 11) is 1.62. The second kappa shape index (κ2) is 5.41. The number of aliphatic hydroxyl groups is 1. The fourth-order valence-corrected chi connectivity index (χ4v) is 2.85. The summed E-state index contributed by atoms with van der Waals surface area (Å²) in [5, 5.41) is 10.4. The fraction of sp³-hybridized carbons (Fsp3) is 0.333. The van der Waals surface area contributed by atoms with Crippen molar-refractivity contribution in [3.8, 4) is 11.5 Å². The summed E-state index contributed by atoms with van der Waals surface area (Å²) >= 11 is 0. The van der Waals surface area contributed by atoms with Gasteiger partial charge < -0.3 is 14.6 Å². The largest absolute Gasteiger partial charge is 0.497 e. The van der Waals surface area contributed by atoms with Gasteiger partial charge in [-0.15, -0.1) is 0 Å². The number of ether oxygens (including phenoxy) is 2. The van der Waals surface area contributed by atoms with Gasteiger partial charge in [-0.1, -0.05) is 23.8 Å². The molecule has 0 saturated heterocycles. The Labute approximate surface area is 125 Å². The van der Waals surface area contributed by atoms with Crippen LogP contribution in [0.4, 0.5) is 0 Å². The molecule has 1 unspecified atom stereocenters. The number of benzene rings is 2. The van der Waals surface area contributed by atoms with Gasteiger partial charge >= 0.3 is 0 Å². The Morgan fingerprint density at radius 3 is 2.67 bits per heavy atom. The smallest absolute Gasteiger partial charge is 0.127 e. The lowest BCUT2D eigenvalue weighted by molar-refractivity contribution is 0.0651. The van der Waals surface area contributed by atoms with E-state index in [2.05, 4.69) is 32.0 Å². The van der Waals surface area contributed by atoms with Crippen molar-refractivity contribution < 1.29 is 14.6 Å². The molecule has 0 amide bonds. The molecule has 0 aliphatic carbocycles. The molecule has 0 saturated carbocycles. The Morgan fingerprint density at radius 2 is 1.90 bits per heavy atom. The molecule has 1 N–H and O–H groups in total. The average Bonchev–Trinajstić information content (AvgIpc) is 2.49. The predicted molar refractivity (Wildman–Crippen MR) is 81.9 cm³/mol. The third-order valence-electron chi connectivity index (χ3n) is 4.06. The van der Waals surface area contributed by atoms with Crippen LogP contribution in [0.1, 0.15) is 40.9 Å². The summed E-state index contributed by atoms with van der Waals surface area (Å²) in [6, 6.07) is 11.9. The first-order valence-electron chi connectivity index (χ1n) is 7.18. The van der Waals surface area contributed by atoms with Gasteiger partial charge in [0.2, 0.25) is 0 Å². The highest BCUT2D eigenvalue weighted by atomic mass is 16.5. The standard InChI is InChI=1S/C18H20O3/c1-11-4-5-12(2)14(8-11)18-10-16(19)15-9-13(20-3)6-7-17(15)21-18/h4-9,16,18-19H,10H2,1-3H3/t16-,18?/m1/s1. The van der Waals surface area contributed by atoms with Gasteiger partial charge in [0.1, 0.15) is 17.6 Å². The predicted octanol–water partition coefficient (Wildman–Crippen LogP) is 3.87. The highest BCUT2D eigenvalue weighted by Gasteiger charge is 2.29. The van der Waals surface area contributed by atoms with E-state index < -0.39 is 6.10 Å². The summed E-state index contributed by atoms with van der Waals surface area (Å²) < 4.78 is 11.3. The molecule has 2 aromatic rings. The van der Waals surface area contributed by atoms with Gasteiger partial charge in [0.05, 0.1) is 13.2 Å². The Bertz CT molecular complexity index is 664. The molecule has 0 fully saturated rings. The Kier molecular flexibility index (Phi) is 3.60. The minimum Gasteiger partial charge on any atom is -0.497 e. The van der Waals surface area contributed by atoms with Crippen LogP contribution in [0.2, 0.25) is 0 Å². The molecule has 110 valence electrons. The summed E-state index contributed by atoms with van der Waals surface area (Å²) in [5.74, 6) is 1.47. The van der Waals surface area contributed by atoms with E-state index in [-0.39, 0.29) is 6.10 Å². The van der Waals surface area contributed by atoms with Crippen LogP contribution >= 0.6 is 0 Å². The molecule has 3 heteroatoms. The molecule has 1 aliphatic heterocycles. The average molecular weight is 284 g/mol. The van der Waals surface area contributed by atoms with Crippen molar-refractivity contribution in [2.24, 2.45) is 0 Å². The first-order chi connectivity index (χ1) is 10.1. The molecular weight excluding hydrogens is 264 g/mol. The zero-order chi connectivity index (χ0) is 15.0. The molecule has 1 aliphatic rings. The second-order valence-electron chi connectivity index (χ2n) is 5.62. The summed E-state index contributed by atoms with van der Waals surface area (Å²) in [5.41, 5.74) is 4.34. The van der Waals surface area contributed by atoms with Crippen LogP contribution < -0.4 is 9.47 Å². The first-order valence-corrected chi connectivity index (χ1v) is 7.18. The third kappa shape index (κ3) is 2.61. The molecule has 3 nitrogen and oxygen atoms in total. The van der Waals surface area contributed by atoms with Gasteiger partial charge in [-0.2, -0.15) is 0 Å². The first kappa shape index (κ1) is 14.0. The minimum atomic E-state index is -0.534. The van der Waals surface area contributed by atoms with Crippen molar-refractivity contribution in [1.29, 1.82) is 0 Å². The van der Waals surface area contributed by atoms with Crippen LogP contribution in [0.3, 0.4) is 0 Å². The van der Waals surface area contributed by atoms with Crippen molar-refractivity contribution in [3.63, 3.8) is 0 Å². The zero-order valence-electron chi connectivity index (χ0n) is 12.6. The maximum absolute atomic E-state index is 10.4. The molecular formula is C18H20O3. The monoisotopic (exact) mass is 284 g/mol.